The highest BCUT2D eigenvalue weighted by molar-refractivity contribution is 7.71. The first-order chi connectivity index (χ1) is 8.66. The number of nitrogens with zero attached hydrogens (tertiary/aromatic N) is 1. The Morgan fingerprint density at radius 2 is 1.94 bits per heavy atom. The van der Waals surface area contributed by atoms with Crippen LogP contribution < -0.4 is 0 Å². The molecule has 2 aromatic carbocycles. The molecule has 0 unspecified atom stereocenters. The monoisotopic (exact) mass is 278 g/mol. The lowest BCUT2D eigenvalue weighted by Gasteiger charge is -2.06. The zero-order valence-corrected chi connectivity index (χ0v) is 10.7. The van der Waals surface area contributed by atoms with E-state index in [9.17, 15) is 4.39 Å². The molecule has 0 saturated carbocycles. The Morgan fingerprint density at radius 3 is 2.72 bits per heavy atom. The third-order valence-electron chi connectivity index (χ3n) is 2.74. The molecule has 3 rings (SSSR count). The lowest BCUT2D eigenvalue weighted by molar-refractivity contribution is 0.629. The molecular weight excluding hydrogens is 271 g/mol. The number of benzene rings is 2. The Hall–Kier alpha value is -1.65. The van der Waals surface area contributed by atoms with Crippen LogP contribution in [0.1, 0.15) is 0 Å². The molecule has 0 radical (unpaired) electrons. The average Bonchev–Trinajstić information content (AvgIpc) is 2.65. The standard InChI is InChI=1S/C13H8ClFN2S/c14-9-3-1-2-4-11(9)17-12-6-5-8(15)7-10(12)16-13(17)18/h1-7H,(H,16,18). The van der Waals surface area contributed by atoms with E-state index in [1.807, 2.05) is 18.2 Å². The summed E-state index contributed by atoms with van der Waals surface area (Å²) >= 11 is 11.4. The van der Waals surface area contributed by atoms with Crippen LogP contribution in [0.15, 0.2) is 42.5 Å². The molecule has 1 aromatic heterocycles. The van der Waals surface area contributed by atoms with E-state index in [4.69, 9.17) is 23.8 Å². The normalized spacial score (nSPS) is 11.0. The highest BCUT2D eigenvalue weighted by atomic mass is 35.5. The molecule has 0 bridgehead atoms. The van der Waals surface area contributed by atoms with Crippen molar-refractivity contribution in [2.45, 2.75) is 0 Å². The van der Waals surface area contributed by atoms with Gasteiger partial charge in [-0.1, -0.05) is 23.7 Å². The minimum absolute atomic E-state index is 0.301. The van der Waals surface area contributed by atoms with Crippen molar-refractivity contribution in [3.8, 4) is 5.69 Å². The number of H-pyrrole nitrogens is 1. The molecule has 3 aromatic rings. The zero-order valence-electron chi connectivity index (χ0n) is 9.15. The van der Waals surface area contributed by atoms with Crippen molar-refractivity contribution in [3.05, 3.63) is 58.1 Å². The maximum atomic E-state index is 13.2. The molecule has 0 saturated heterocycles. The maximum absolute atomic E-state index is 13.2. The molecule has 0 aliphatic rings. The van der Waals surface area contributed by atoms with Gasteiger partial charge in [0.05, 0.1) is 21.7 Å². The number of aromatic nitrogens is 2. The van der Waals surface area contributed by atoms with Crippen LogP contribution in [0.5, 0.6) is 0 Å². The Labute approximate surface area is 113 Å². The summed E-state index contributed by atoms with van der Waals surface area (Å²) in [4.78, 5) is 2.97. The van der Waals surface area contributed by atoms with Gasteiger partial charge in [0.25, 0.3) is 0 Å². The summed E-state index contributed by atoms with van der Waals surface area (Å²) in [5.74, 6) is -0.301. The fraction of sp³-hybridized carbons (Fsp3) is 0. The molecule has 2 nitrogen and oxygen atoms in total. The van der Waals surface area contributed by atoms with Crippen LogP contribution in [0.4, 0.5) is 4.39 Å². The van der Waals surface area contributed by atoms with Crippen LogP contribution >= 0.6 is 23.8 Å². The second-order valence-corrected chi connectivity index (χ2v) is 4.67. The minimum atomic E-state index is -0.301. The molecule has 0 fully saturated rings. The van der Waals surface area contributed by atoms with Gasteiger partial charge < -0.3 is 4.98 Å². The van der Waals surface area contributed by atoms with Gasteiger partial charge >= 0.3 is 0 Å². The molecule has 0 aliphatic heterocycles. The number of hydrogen-bond acceptors (Lipinski definition) is 1. The number of aromatic amines is 1. The van der Waals surface area contributed by atoms with E-state index in [-0.39, 0.29) is 5.82 Å². The number of imidazole rings is 1. The first-order valence-corrected chi connectivity index (χ1v) is 6.10. The van der Waals surface area contributed by atoms with Crippen LogP contribution in [-0.2, 0) is 0 Å². The van der Waals surface area contributed by atoms with Gasteiger partial charge in [-0.05, 0) is 42.5 Å². The lowest BCUT2D eigenvalue weighted by Crippen LogP contribution is -1.94. The van der Waals surface area contributed by atoms with E-state index in [2.05, 4.69) is 4.98 Å². The van der Waals surface area contributed by atoms with Gasteiger partial charge in [0.15, 0.2) is 4.77 Å². The predicted molar refractivity (Wildman–Crippen MR) is 73.4 cm³/mol. The number of nitrogens with one attached hydrogen (secondary N) is 1. The smallest absolute Gasteiger partial charge is 0.182 e. The second-order valence-electron chi connectivity index (χ2n) is 3.88. The molecule has 90 valence electrons. The first-order valence-electron chi connectivity index (χ1n) is 5.32. The Kier molecular flexibility index (Phi) is 2.69. The summed E-state index contributed by atoms with van der Waals surface area (Å²) in [7, 11) is 0. The number of hydrogen-bond donors (Lipinski definition) is 1. The summed E-state index contributed by atoms with van der Waals surface area (Å²) in [5.41, 5.74) is 2.23. The van der Waals surface area contributed by atoms with Crippen LogP contribution in [0, 0.1) is 10.6 Å². The fourth-order valence-electron chi connectivity index (χ4n) is 1.96. The zero-order chi connectivity index (χ0) is 12.7. The van der Waals surface area contributed by atoms with Gasteiger partial charge in [0.1, 0.15) is 5.82 Å². The molecule has 1 heterocycles. The summed E-state index contributed by atoms with van der Waals surface area (Å²) in [6.07, 6.45) is 0. The molecule has 0 spiro atoms. The molecule has 0 atom stereocenters. The van der Waals surface area contributed by atoms with Crippen molar-refractivity contribution >= 4 is 34.9 Å². The van der Waals surface area contributed by atoms with Crippen LogP contribution in [0.3, 0.4) is 0 Å². The maximum Gasteiger partial charge on any atom is 0.182 e. The van der Waals surface area contributed by atoms with Gasteiger partial charge in [-0.2, -0.15) is 0 Å². The molecule has 0 aliphatic carbocycles. The van der Waals surface area contributed by atoms with Crippen molar-refractivity contribution in [1.29, 1.82) is 0 Å². The van der Waals surface area contributed by atoms with E-state index in [1.54, 1.807) is 16.7 Å². The quantitative estimate of drug-likeness (QED) is 0.651. The summed E-state index contributed by atoms with van der Waals surface area (Å²) < 4.78 is 15.5. The minimum Gasteiger partial charge on any atom is -0.330 e. The largest absolute Gasteiger partial charge is 0.330 e. The Bertz CT molecular complexity index is 791. The first kappa shape index (κ1) is 11.4. The fourth-order valence-corrected chi connectivity index (χ4v) is 2.48. The van der Waals surface area contributed by atoms with Crippen molar-refractivity contribution < 1.29 is 4.39 Å². The van der Waals surface area contributed by atoms with Crippen molar-refractivity contribution in [2.24, 2.45) is 0 Å². The Balaban J connectivity index is 2.40. The van der Waals surface area contributed by atoms with Gasteiger partial charge in [-0.3, -0.25) is 4.57 Å². The van der Waals surface area contributed by atoms with Gasteiger partial charge in [0, 0.05) is 0 Å². The SMILES string of the molecule is Fc1ccc2c(c1)[nH]c(=S)n2-c1ccccc1Cl. The van der Waals surface area contributed by atoms with Crippen LogP contribution in [-0.4, -0.2) is 9.55 Å². The van der Waals surface area contributed by atoms with Gasteiger partial charge in [-0.15, -0.1) is 0 Å². The van der Waals surface area contributed by atoms with Gasteiger partial charge in [-0.25, -0.2) is 4.39 Å². The van der Waals surface area contributed by atoms with E-state index in [0.717, 1.165) is 11.2 Å². The van der Waals surface area contributed by atoms with Crippen molar-refractivity contribution in [3.63, 3.8) is 0 Å². The lowest BCUT2D eigenvalue weighted by atomic mass is 10.2. The summed E-state index contributed by atoms with van der Waals surface area (Å²) in [5, 5.41) is 0.596. The van der Waals surface area contributed by atoms with Gasteiger partial charge in [0.2, 0.25) is 0 Å². The highest BCUT2D eigenvalue weighted by Gasteiger charge is 2.09. The summed E-state index contributed by atoms with van der Waals surface area (Å²) in [6.45, 7) is 0. The average molecular weight is 279 g/mol. The third-order valence-corrected chi connectivity index (χ3v) is 3.34. The number of fused-ring (bicyclic) bond motifs is 1. The third kappa shape index (κ3) is 1.74. The van der Waals surface area contributed by atoms with Crippen LogP contribution in [0.25, 0.3) is 16.7 Å². The molecule has 1 N–H and O–H groups in total. The topological polar surface area (TPSA) is 20.7 Å². The number of para-hydroxylation sites is 1. The Morgan fingerprint density at radius 1 is 1.17 bits per heavy atom. The number of rotatable bonds is 1. The van der Waals surface area contributed by atoms with Crippen LogP contribution in [0.2, 0.25) is 5.02 Å². The van der Waals surface area contributed by atoms with E-state index >= 15 is 0 Å². The molecule has 0 amide bonds. The molecular formula is C13H8ClFN2S. The van der Waals surface area contributed by atoms with E-state index in [0.29, 0.717) is 15.3 Å². The van der Waals surface area contributed by atoms with Crippen molar-refractivity contribution in [1.82, 2.24) is 9.55 Å². The molecule has 5 heteroatoms. The summed E-state index contributed by atoms with van der Waals surface area (Å²) in [6, 6.07) is 11.9. The predicted octanol–water partition coefficient (Wildman–Crippen LogP) is 4.48. The van der Waals surface area contributed by atoms with E-state index in [1.165, 1.54) is 12.1 Å². The number of halogens is 2. The highest BCUT2D eigenvalue weighted by Crippen LogP contribution is 2.25. The van der Waals surface area contributed by atoms with E-state index < -0.39 is 0 Å². The molecule has 18 heavy (non-hydrogen) atoms. The second kappa shape index (κ2) is 4.23. The van der Waals surface area contributed by atoms with Crippen molar-refractivity contribution in [2.75, 3.05) is 0 Å².